The van der Waals surface area contributed by atoms with Gasteiger partial charge in [0.25, 0.3) is 0 Å². The third kappa shape index (κ3) is 39.5. The summed E-state index contributed by atoms with van der Waals surface area (Å²) in [6.07, 6.45) is 54.0. The van der Waals surface area contributed by atoms with Crippen molar-refractivity contribution in [2.45, 2.75) is 175 Å². The number of ether oxygens (including phenoxy) is 3. The predicted octanol–water partition coefficient (Wildman–Crippen LogP) is 13.5. The van der Waals surface area contributed by atoms with Crippen LogP contribution in [-0.2, 0) is 28.6 Å². The number of hydrogen-bond donors (Lipinski definition) is 0. The molecule has 0 bridgehead atoms. The maximum Gasteiger partial charge on any atom is 0.306 e. The summed E-state index contributed by atoms with van der Waals surface area (Å²) in [5.41, 5.74) is 0. The number of carbonyl (C=O) groups excluding carboxylic acids is 3. The lowest BCUT2D eigenvalue weighted by Crippen LogP contribution is -2.30. The van der Waals surface area contributed by atoms with Gasteiger partial charge in [0.15, 0.2) is 6.10 Å². The van der Waals surface area contributed by atoms with Crippen molar-refractivity contribution in [3.05, 3.63) is 97.2 Å². The van der Waals surface area contributed by atoms with E-state index in [-0.39, 0.29) is 44.0 Å². The van der Waals surface area contributed by atoms with E-state index in [9.17, 15) is 14.4 Å². The van der Waals surface area contributed by atoms with E-state index in [1.54, 1.807) is 0 Å². The highest BCUT2D eigenvalue weighted by Gasteiger charge is 2.19. The number of esters is 3. The van der Waals surface area contributed by atoms with Gasteiger partial charge in [0.05, 0.1) is 0 Å². The van der Waals surface area contributed by atoms with E-state index < -0.39 is 6.10 Å². The van der Waals surface area contributed by atoms with Gasteiger partial charge >= 0.3 is 17.9 Å². The van der Waals surface area contributed by atoms with Crippen LogP contribution in [0.3, 0.4) is 0 Å². The highest BCUT2D eigenvalue weighted by atomic mass is 16.6. The Morgan fingerprint density at radius 2 is 0.833 bits per heavy atom. The van der Waals surface area contributed by atoms with Crippen LogP contribution in [0.15, 0.2) is 97.2 Å². The van der Waals surface area contributed by atoms with Crippen LogP contribution in [0, 0.1) is 0 Å². The smallest absolute Gasteiger partial charge is 0.306 e. The molecule has 0 heterocycles. The van der Waals surface area contributed by atoms with Gasteiger partial charge in [-0.15, -0.1) is 0 Å². The molecule has 0 radical (unpaired) electrons. The topological polar surface area (TPSA) is 78.9 Å². The molecule has 0 N–H and O–H groups in total. The zero-order valence-corrected chi connectivity index (χ0v) is 34.4. The van der Waals surface area contributed by atoms with Crippen LogP contribution >= 0.6 is 0 Å². The maximum absolute atomic E-state index is 12.7. The van der Waals surface area contributed by atoms with Gasteiger partial charge in [0.1, 0.15) is 13.2 Å². The molecule has 6 nitrogen and oxygen atoms in total. The summed E-state index contributed by atoms with van der Waals surface area (Å²) in [5, 5.41) is 0. The average Bonchev–Trinajstić information content (AvgIpc) is 3.17. The minimum absolute atomic E-state index is 0.116. The molecule has 0 fully saturated rings. The molecule has 1 unspecified atom stereocenters. The first-order valence-corrected chi connectivity index (χ1v) is 21.3. The fourth-order valence-corrected chi connectivity index (χ4v) is 5.31. The van der Waals surface area contributed by atoms with Crippen molar-refractivity contribution in [1.29, 1.82) is 0 Å². The molecule has 0 saturated heterocycles. The highest BCUT2D eigenvalue weighted by Crippen LogP contribution is 2.13. The molecular weight excluding hydrogens is 673 g/mol. The van der Waals surface area contributed by atoms with Crippen molar-refractivity contribution < 1.29 is 28.6 Å². The second-order valence-corrected chi connectivity index (χ2v) is 13.6. The molecule has 0 spiro atoms. The number of hydrogen-bond acceptors (Lipinski definition) is 6. The van der Waals surface area contributed by atoms with E-state index in [1.807, 2.05) is 54.7 Å². The zero-order chi connectivity index (χ0) is 39.4. The first-order chi connectivity index (χ1) is 26.5. The van der Waals surface area contributed by atoms with E-state index in [4.69, 9.17) is 14.2 Å². The van der Waals surface area contributed by atoms with Crippen LogP contribution in [0.2, 0.25) is 0 Å². The van der Waals surface area contributed by atoms with Gasteiger partial charge in [-0.25, -0.2) is 0 Å². The van der Waals surface area contributed by atoms with E-state index in [0.717, 1.165) is 64.2 Å². The molecule has 6 heteroatoms. The third-order valence-electron chi connectivity index (χ3n) is 8.46. The lowest BCUT2D eigenvalue weighted by atomic mass is 10.1. The van der Waals surface area contributed by atoms with Crippen molar-refractivity contribution in [2.75, 3.05) is 13.2 Å². The van der Waals surface area contributed by atoms with E-state index in [2.05, 4.69) is 63.3 Å². The second kappa shape index (κ2) is 42.1. The minimum atomic E-state index is -0.822. The summed E-state index contributed by atoms with van der Waals surface area (Å²) >= 11 is 0. The molecule has 54 heavy (non-hydrogen) atoms. The molecule has 0 saturated carbocycles. The van der Waals surface area contributed by atoms with Crippen LogP contribution in [0.25, 0.3) is 0 Å². The Hall–Kier alpha value is -3.67. The summed E-state index contributed by atoms with van der Waals surface area (Å²) in [6.45, 7) is 6.23. The van der Waals surface area contributed by atoms with E-state index in [1.165, 1.54) is 51.4 Å². The highest BCUT2D eigenvalue weighted by molar-refractivity contribution is 5.71. The summed E-state index contributed by atoms with van der Waals surface area (Å²) < 4.78 is 16.6. The SMILES string of the molecule is CC\C=C/C=C\C=C/C=C\C=C/CCCC(=O)OCC(COC(=O)CCCCCCCCCCCCC)OC(=O)CCCC/C=C\C/C=C\C/C=C\CC. The molecule has 0 aliphatic rings. The standard InChI is InChI=1S/C48H76O6/c1-4-7-10-13-16-19-22-24-27-29-32-35-38-41-47(50)53-44-45(43-52-46(49)40-37-34-31-28-25-21-18-15-12-9-6-3)54-48(51)42-39-36-33-30-26-23-20-17-14-11-8-5-2/h7-8,10-11,13,16-17,19-20,22,24,26-27,29-30,32,45H,4-6,9,12,14-15,18,21,23,25,28,31,33-44H2,1-3H3/b10-7-,11-8-,16-13-,20-17-,22-19-,27-24-,30-26-,32-29-. The summed E-state index contributed by atoms with van der Waals surface area (Å²) in [7, 11) is 0. The lowest BCUT2D eigenvalue weighted by Gasteiger charge is -2.18. The Morgan fingerprint density at radius 1 is 0.407 bits per heavy atom. The Labute approximate surface area is 330 Å². The minimum Gasteiger partial charge on any atom is -0.462 e. The normalized spacial score (nSPS) is 13.0. The average molecular weight is 749 g/mol. The first-order valence-electron chi connectivity index (χ1n) is 21.3. The van der Waals surface area contributed by atoms with Crippen molar-refractivity contribution in [3.8, 4) is 0 Å². The van der Waals surface area contributed by atoms with Gasteiger partial charge in [0.2, 0.25) is 0 Å². The molecule has 0 amide bonds. The van der Waals surface area contributed by atoms with Crippen molar-refractivity contribution in [1.82, 2.24) is 0 Å². The van der Waals surface area contributed by atoms with Crippen molar-refractivity contribution in [2.24, 2.45) is 0 Å². The largest absolute Gasteiger partial charge is 0.462 e. The zero-order valence-electron chi connectivity index (χ0n) is 34.4. The summed E-state index contributed by atoms with van der Waals surface area (Å²) in [5.74, 6) is -1.05. The van der Waals surface area contributed by atoms with E-state index >= 15 is 0 Å². The molecule has 1 atom stereocenters. The van der Waals surface area contributed by atoms with Gasteiger partial charge in [-0.2, -0.15) is 0 Å². The summed E-state index contributed by atoms with van der Waals surface area (Å²) in [4.78, 5) is 37.6. The number of rotatable bonds is 36. The van der Waals surface area contributed by atoms with Crippen LogP contribution in [0.1, 0.15) is 168 Å². The molecule has 0 aromatic heterocycles. The van der Waals surface area contributed by atoms with Crippen LogP contribution in [0.4, 0.5) is 0 Å². The van der Waals surface area contributed by atoms with Crippen LogP contribution in [-0.4, -0.2) is 37.2 Å². The molecule has 0 rings (SSSR count). The van der Waals surface area contributed by atoms with Crippen LogP contribution in [0.5, 0.6) is 0 Å². The molecule has 0 aromatic carbocycles. The van der Waals surface area contributed by atoms with Gasteiger partial charge in [-0.05, 0) is 64.2 Å². The second-order valence-electron chi connectivity index (χ2n) is 13.6. The Kier molecular flexibility index (Phi) is 39.2. The molecule has 0 aliphatic carbocycles. The van der Waals surface area contributed by atoms with Crippen molar-refractivity contribution >= 4 is 17.9 Å². The van der Waals surface area contributed by atoms with Gasteiger partial charge in [-0.1, -0.05) is 182 Å². The van der Waals surface area contributed by atoms with Crippen molar-refractivity contribution in [3.63, 3.8) is 0 Å². The number of allylic oxidation sites excluding steroid dienone is 16. The lowest BCUT2D eigenvalue weighted by molar-refractivity contribution is -0.167. The third-order valence-corrected chi connectivity index (χ3v) is 8.46. The van der Waals surface area contributed by atoms with Gasteiger partial charge < -0.3 is 14.2 Å². The molecule has 0 aromatic rings. The molecule has 0 aliphatic heterocycles. The van der Waals surface area contributed by atoms with E-state index in [0.29, 0.717) is 19.3 Å². The Bertz CT molecular complexity index is 1140. The number of carbonyl (C=O) groups is 3. The quantitative estimate of drug-likeness (QED) is 0.0209. The Morgan fingerprint density at radius 3 is 1.41 bits per heavy atom. The maximum atomic E-state index is 12.7. The molecule has 304 valence electrons. The number of unbranched alkanes of at least 4 members (excludes halogenated alkanes) is 13. The fourth-order valence-electron chi connectivity index (χ4n) is 5.31. The van der Waals surface area contributed by atoms with Gasteiger partial charge in [0, 0.05) is 19.3 Å². The molecular formula is C48H76O6. The Balaban J connectivity index is 4.58. The predicted molar refractivity (Wildman–Crippen MR) is 228 cm³/mol. The summed E-state index contributed by atoms with van der Waals surface area (Å²) in [6, 6.07) is 0. The fraction of sp³-hybridized carbons (Fsp3) is 0.604. The first kappa shape index (κ1) is 50.3. The monoisotopic (exact) mass is 749 g/mol. The van der Waals surface area contributed by atoms with Crippen LogP contribution < -0.4 is 0 Å². The van der Waals surface area contributed by atoms with Gasteiger partial charge in [-0.3, -0.25) is 14.4 Å².